The van der Waals surface area contributed by atoms with Gasteiger partial charge in [-0.05, 0) is 61.2 Å². The molecule has 1 fully saturated rings. The van der Waals surface area contributed by atoms with Crippen molar-refractivity contribution in [3.05, 3.63) is 59.1 Å². The molecule has 0 aliphatic heterocycles. The van der Waals surface area contributed by atoms with Gasteiger partial charge < -0.3 is 19.7 Å². The van der Waals surface area contributed by atoms with E-state index in [-0.39, 0.29) is 31.0 Å². The number of carbonyl (C=O) groups excluding carboxylic acids is 2. The Morgan fingerprint density at radius 2 is 1.82 bits per heavy atom. The maximum Gasteiger partial charge on any atom is 0.261 e. The molecule has 178 valence electrons. The Balaban J connectivity index is 1.76. The lowest BCUT2D eigenvalue weighted by Crippen LogP contribution is -2.52. The maximum atomic E-state index is 13.3. The molecule has 6 nitrogen and oxygen atoms in total. The number of rotatable bonds is 10. The first-order chi connectivity index (χ1) is 16.0. The Morgan fingerprint density at radius 1 is 1.09 bits per heavy atom. The van der Waals surface area contributed by atoms with Crippen LogP contribution in [-0.2, 0) is 16.1 Å². The highest BCUT2D eigenvalue weighted by Crippen LogP contribution is 2.21. The number of halogens is 1. The van der Waals surface area contributed by atoms with Gasteiger partial charge in [0.2, 0.25) is 5.91 Å². The van der Waals surface area contributed by atoms with E-state index < -0.39 is 6.04 Å². The molecule has 0 radical (unpaired) electrons. The minimum atomic E-state index is -0.584. The molecule has 1 aliphatic rings. The second-order valence-corrected chi connectivity index (χ2v) is 8.82. The number of carbonyl (C=O) groups is 2. The molecule has 0 saturated heterocycles. The van der Waals surface area contributed by atoms with Crippen LogP contribution in [0.3, 0.4) is 0 Å². The number of hydrogen-bond acceptors (Lipinski definition) is 4. The summed E-state index contributed by atoms with van der Waals surface area (Å²) in [5.74, 6) is 0.899. The fourth-order valence-corrected chi connectivity index (χ4v) is 4.32. The normalized spacial score (nSPS) is 14.9. The zero-order chi connectivity index (χ0) is 23.6. The third-order valence-electron chi connectivity index (χ3n) is 6.00. The topological polar surface area (TPSA) is 67.9 Å². The van der Waals surface area contributed by atoms with Gasteiger partial charge in [0.1, 0.15) is 17.5 Å². The van der Waals surface area contributed by atoms with Gasteiger partial charge >= 0.3 is 0 Å². The van der Waals surface area contributed by atoms with E-state index >= 15 is 0 Å². The minimum Gasteiger partial charge on any atom is -0.497 e. The van der Waals surface area contributed by atoms with E-state index in [1.165, 1.54) is 6.42 Å². The van der Waals surface area contributed by atoms with Crippen LogP contribution in [0, 0.1) is 0 Å². The van der Waals surface area contributed by atoms with E-state index in [0.29, 0.717) is 22.9 Å². The van der Waals surface area contributed by atoms with Crippen LogP contribution >= 0.6 is 11.6 Å². The molecule has 2 aromatic rings. The highest BCUT2D eigenvalue weighted by Gasteiger charge is 2.30. The van der Waals surface area contributed by atoms with Crippen LogP contribution in [0.5, 0.6) is 11.5 Å². The molecule has 1 N–H and O–H groups in total. The monoisotopic (exact) mass is 472 g/mol. The largest absolute Gasteiger partial charge is 0.497 e. The SMILES string of the molecule is CC[C@H](C(=O)NC1CCCCC1)N(Cc1cccc(OC)c1)C(=O)COc1ccc(Cl)cc1. The average molecular weight is 473 g/mol. The quantitative estimate of drug-likeness (QED) is 0.529. The summed E-state index contributed by atoms with van der Waals surface area (Å²) in [6.45, 7) is 2.05. The summed E-state index contributed by atoms with van der Waals surface area (Å²) in [4.78, 5) is 28.1. The molecule has 33 heavy (non-hydrogen) atoms. The van der Waals surface area contributed by atoms with Gasteiger partial charge in [0, 0.05) is 17.6 Å². The lowest BCUT2D eigenvalue weighted by atomic mass is 9.95. The van der Waals surface area contributed by atoms with Gasteiger partial charge in [-0.25, -0.2) is 0 Å². The highest BCUT2D eigenvalue weighted by molar-refractivity contribution is 6.30. The molecule has 7 heteroatoms. The van der Waals surface area contributed by atoms with Crippen LogP contribution in [0.15, 0.2) is 48.5 Å². The van der Waals surface area contributed by atoms with Gasteiger partial charge in [-0.1, -0.05) is 49.9 Å². The third-order valence-corrected chi connectivity index (χ3v) is 6.25. The van der Waals surface area contributed by atoms with E-state index in [4.69, 9.17) is 21.1 Å². The molecular formula is C26H33ClN2O4. The van der Waals surface area contributed by atoms with Crippen molar-refractivity contribution in [1.82, 2.24) is 10.2 Å². The van der Waals surface area contributed by atoms with Gasteiger partial charge in [0.15, 0.2) is 6.61 Å². The summed E-state index contributed by atoms with van der Waals surface area (Å²) in [5, 5.41) is 3.78. The fourth-order valence-electron chi connectivity index (χ4n) is 4.19. The lowest BCUT2D eigenvalue weighted by molar-refractivity contribution is -0.143. The van der Waals surface area contributed by atoms with Gasteiger partial charge in [0.25, 0.3) is 5.91 Å². The summed E-state index contributed by atoms with van der Waals surface area (Å²) in [6, 6.07) is 14.0. The van der Waals surface area contributed by atoms with Gasteiger partial charge in [0.05, 0.1) is 7.11 Å². The number of nitrogens with one attached hydrogen (secondary N) is 1. The highest BCUT2D eigenvalue weighted by atomic mass is 35.5. The molecule has 3 rings (SSSR count). The van der Waals surface area contributed by atoms with Crippen LogP contribution in [-0.4, -0.2) is 42.5 Å². The molecule has 0 aromatic heterocycles. The fraction of sp³-hybridized carbons (Fsp3) is 0.462. The first kappa shape index (κ1) is 24.9. The second-order valence-electron chi connectivity index (χ2n) is 8.38. The molecule has 0 unspecified atom stereocenters. The molecule has 1 atom stereocenters. The zero-order valence-corrected chi connectivity index (χ0v) is 20.1. The van der Waals surface area contributed by atoms with Crippen molar-refractivity contribution in [2.75, 3.05) is 13.7 Å². The second kappa shape index (κ2) is 12.5. The summed E-state index contributed by atoms with van der Waals surface area (Å²) < 4.78 is 11.0. The van der Waals surface area contributed by atoms with Gasteiger partial charge in [-0.2, -0.15) is 0 Å². The van der Waals surface area contributed by atoms with Crippen molar-refractivity contribution in [2.24, 2.45) is 0 Å². The van der Waals surface area contributed by atoms with E-state index in [2.05, 4.69) is 5.32 Å². The predicted octanol–water partition coefficient (Wildman–Crippen LogP) is 4.98. The Kier molecular flexibility index (Phi) is 9.43. The molecule has 1 aliphatic carbocycles. The molecule has 1 saturated carbocycles. The first-order valence-corrected chi connectivity index (χ1v) is 12.0. The summed E-state index contributed by atoms with van der Waals surface area (Å²) in [5.41, 5.74) is 0.887. The Bertz CT molecular complexity index is 913. The summed E-state index contributed by atoms with van der Waals surface area (Å²) in [7, 11) is 1.61. The van der Waals surface area contributed by atoms with Crippen LogP contribution < -0.4 is 14.8 Å². The number of nitrogens with zero attached hydrogens (tertiary/aromatic N) is 1. The molecule has 0 spiro atoms. The maximum absolute atomic E-state index is 13.3. The van der Waals surface area contributed by atoms with Crippen LogP contribution in [0.1, 0.15) is 51.0 Å². The zero-order valence-electron chi connectivity index (χ0n) is 19.4. The average Bonchev–Trinajstić information content (AvgIpc) is 2.84. The van der Waals surface area contributed by atoms with Crippen molar-refractivity contribution in [3.63, 3.8) is 0 Å². The van der Waals surface area contributed by atoms with Crippen LogP contribution in [0.25, 0.3) is 0 Å². The Labute approximate surface area is 201 Å². The first-order valence-electron chi connectivity index (χ1n) is 11.6. The summed E-state index contributed by atoms with van der Waals surface area (Å²) in [6.07, 6.45) is 5.96. The number of amides is 2. The van der Waals surface area contributed by atoms with Crippen molar-refractivity contribution < 1.29 is 19.1 Å². The van der Waals surface area contributed by atoms with Crippen molar-refractivity contribution in [1.29, 1.82) is 0 Å². The molecular weight excluding hydrogens is 440 g/mol. The van der Waals surface area contributed by atoms with Crippen molar-refractivity contribution >= 4 is 23.4 Å². The third kappa shape index (κ3) is 7.39. The van der Waals surface area contributed by atoms with Gasteiger partial charge in [-0.3, -0.25) is 9.59 Å². The molecule has 2 amide bonds. The molecule has 0 bridgehead atoms. The van der Waals surface area contributed by atoms with Crippen molar-refractivity contribution in [2.45, 2.75) is 64.1 Å². The molecule has 0 heterocycles. The summed E-state index contributed by atoms with van der Waals surface area (Å²) >= 11 is 5.93. The van der Waals surface area contributed by atoms with Crippen LogP contribution in [0.2, 0.25) is 5.02 Å². The molecule has 2 aromatic carbocycles. The standard InChI is InChI=1S/C26H33ClN2O4/c1-3-24(26(31)28-21-9-5-4-6-10-21)29(17-19-8-7-11-23(16-19)32-2)25(30)18-33-22-14-12-20(27)13-15-22/h7-8,11-16,21,24H,3-6,9-10,17-18H2,1-2H3,(H,28,31)/t24-/m1/s1. The van der Waals surface area contributed by atoms with E-state index in [9.17, 15) is 9.59 Å². The minimum absolute atomic E-state index is 0.105. The van der Waals surface area contributed by atoms with E-state index in [0.717, 1.165) is 31.2 Å². The van der Waals surface area contributed by atoms with Crippen LogP contribution in [0.4, 0.5) is 0 Å². The number of methoxy groups -OCH3 is 1. The smallest absolute Gasteiger partial charge is 0.261 e. The Hall–Kier alpha value is -2.73. The number of benzene rings is 2. The predicted molar refractivity (Wildman–Crippen MR) is 130 cm³/mol. The van der Waals surface area contributed by atoms with E-state index in [1.807, 2.05) is 31.2 Å². The van der Waals surface area contributed by atoms with Crippen molar-refractivity contribution in [3.8, 4) is 11.5 Å². The van der Waals surface area contributed by atoms with Gasteiger partial charge in [-0.15, -0.1) is 0 Å². The number of ether oxygens (including phenoxy) is 2. The lowest BCUT2D eigenvalue weighted by Gasteiger charge is -2.32. The number of hydrogen-bond donors (Lipinski definition) is 1. The van der Waals surface area contributed by atoms with E-state index in [1.54, 1.807) is 36.3 Å². The Morgan fingerprint density at radius 3 is 2.48 bits per heavy atom.